The van der Waals surface area contributed by atoms with E-state index in [0.29, 0.717) is 19.6 Å². The summed E-state index contributed by atoms with van der Waals surface area (Å²) in [6, 6.07) is -1.22. The zero-order chi connectivity index (χ0) is 23.9. The van der Waals surface area contributed by atoms with Gasteiger partial charge in [0.15, 0.2) is 0 Å². The summed E-state index contributed by atoms with van der Waals surface area (Å²) in [6.45, 7) is 8.60. The van der Waals surface area contributed by atoms with Crippen molar-refractivity contribution in [3.05, 3.63) is 24.3 Å². The Morgan fingerprint density at radius 1 is 1.21 bits per heavy atom. The Kier molecular flexibility index (Phi) is 6.97. The van der Waals surface area contributed by atoms with Crippen molar-refractivity contribution in [1.29, 1.82) is 0 Å². The number of fused-ring (bicyclic) bond motifs is 2. The van der Waals surface area contributed by atoms with Crippen molar-refractivity contribution in [1.82, 2.24) is 9.80 Å². The summed E-state index contributed by atoms with van der Waals surface area (Å²) in [4.78, 5) is 44.8. The predicted molar refractivity (Wildman–Crippen MR) is 127 cm³/mol. The molecule has 2 unspecified atom stereocenters. The molecule has 0 aliphatic carbocycles. The number of nitrogens with zero attached hydrogens (tertiary/aromatic N) is 2. The first-order chi connectivity index (χ1) is 15.8. The van der Waals surface area contributed by atoms with E-state index in [2.05, 4.69) is 6.92 Å². The number of ether oxygens (including phenoxy) is 1. The second kappa shape index (κ2) is 9.45. The van der Waals surface area contributed by atoms with Crippen molar-refractivity contribution in [2.45, 2.75) is 75.1 Å². The first-order valence-electron chi connectivity index (χ1n) is 12.2. The molecule has 0 bridgehead atoms. The quantitative estimate of drug-likeness (QED) is 0.468. The number of esters is 1. The molecule has 0 aromatic carbocycles. The van der Waals surface area contributed by atoms with E-state index in [-0.39, 0.29) is 41.6 Å². The van der Waals surface area contributed by atoms with E-state index in [0.717, 1.165) is 12.8 Å². The van der Waals surface area contributed by atoms with Crippen LogP contribution in [0.15, 0.2) is 24.3 Å². The Hall–Kier alpha value is -1.80. The van der Waals surface area contributed by atoms with E-state index in [9.17, 15) is 19.5 Å². The third-order valence-corrected chi connectivity index (χ3v) is 9.39. The summed E-state index contributed by atoms with van der Waals surface area (Å²) in [5.74, 6) is -2.05. The SMILES string of the molecule is CCCC(C)N1CC=C[C@]23S[C@H]4C=CCCOC(=O)[C@H]4[C@H]2C(=O)N([C@@H](CO)C(C)C)C3C1=O. The fourth-order valence-electron chi connectivity index (χ4n) is 6.01. The molecule has 182 valence electrons. The topological polar surface area (TPSA) is 87.2 Å². The van der Waals surface area contributed by atoms with Crippen LogP contribution in [-0.4, -0.2) is 80.6 Å². The van der Waals surface area contributed by atoms with Gasteiger partial charge in [-0.15, -0.1) is 11.8 Å². The van der Waals surface area contributed by atoms with Crippen molar-refractivity contribution in [2.75, 3.05) is 19.8 Å². The van der Waals surface area contributed by atoms with Gasteiger partial charge in [-0.1, -0.05) is 51.5 Å². The van der Waals surface area contributed by atoms with Gasteiger partial charge in [0.25, 0.3) is 0 Å². The van der Waals surface area contributed by atoms with Gasteiger partial charge < -0.3 is 19.6 Å². The first kappa shape index (κ1) is 24.3. The minimum absolute atomic E-state index is 0.0369. The average Bonchev–Trinajstić information content (AvgIpc) is 3.13. The molecule has 0 aromatic rings. The maximum atomic E-state index is 14.2. The van der Waals surface area contributed by atoms with Crippen LogP contribution in [0.5, 0.6) is 0 Å². The summed E-state index contributed by atoms with van der Waals surface area (Å²) in [7, 11) is 0. The van der Waals surface area contributed by atoms with Crippen molar-refractivity contribution in [3.8, 4) is 0 Å². The van der Waals surface area contributed by atoms with Gasteiger partial charge in [-0.25, -0.2) is 0 Å². The van der Waals surface area contributed by atoms with Crippen LogP contribution in [0.4, 0.5) is 0 Å². The molecule has 2 amide bonds. The van der Waals surface area contributed by atoms with Crippen LogP contribution in [0.2, 0.25) is 0 Å². The number of hydrogen-bond donors (Lipinski definition) is 1. The maximum Gasteiger partial charge on any atom is 0.311 e. The molecule has 7 atom stereocenters. The Labute approximate surface area is 200 Å². The lowest BCUT2D eigenvalue weighted by atomic mass is 9.78. The van der Waals surface area contributed by atoms with E-state index in [4.69, 9.17) is 4.74 Å². The third-order valence-electron chi connectivity index (χ3n) is 7.64. The minimum atomic E-state index is -0.861. The molecule has 4 aliphatic rings. The van der Waals surface area contributed by atoms with Crippen molar-refractivity contribution >= 4 is 29.5 Å². The number of cyclic esters (lactones) is 1. The fraction of sp³-hybridized carbons (Fsp3) is 0.720. The van der Waals surface area contributed by atoms with E-state index in [1.54, 1.807) is 16.7 Å². The number of aliphatic hydroxyl groups is 1. The Morgan fingerprint density at radius 2 is 1.97 bits per heavy atom. The normalized spacial score (nSPS) is 35.5. The summed E-state index contributed by atoms with van der Waals surface area (Å²) < 4.78 is 4.64. The molecule has 4 aliphatic heterocycles. The summed E-state index contributed by atoms with van der Waals surface area (Å²) >= 11 is 1.55. The molecule has 7 nitrogen and oxygen atoms in total. The number of rotatable bonds is 6. The minimum Gasteiger partial charge on any atom is -0.465 e. The third kappa shape index (κ3) is 3.83. The first-order valence-corrected chi connectivity index (χ1v) is 13.1. The molecule has 33 heavy (non-hydrogen) atoms. The van der Waals surface area contributed by atoms with Gasteiger partial charge in [0, 0.05) is 17.8 Å². The van der Waals surface area contributed by atoms with Gasteiger partial charge in [-0.05, 0) is 25.7 Å². The van der Waals surface area contributed by atoms with Crippen molar-refractivity contribution in [2.24, 2.45) is 17.8 Å². The van der Waals surface area contributed by atoms with E-state index >= 15 is 0 Å². The Bertz CT molecular complexity index is 858. The molecular formula is C25H36N2O5S. The second-order valence-electron chi connectivity index (χ2n) is 10.00. The average molecular weight is 477 g/mol. The van der Waals surface area contributed by atoms with E-state index in [1.807, 2.05) is 50.0 Å². The standard InChI is InChI=1S/C25H36N2O5S/c1-5-9-16(4)26-12-8-11-25-20(19-18(33-25)10-6-7-13-32-24(19)31)22(29)27(21(25)23(26)30)17(14-28)15(2)3/h6,8,10-11,15-21,28H,5,7,9,12-14H2,1-4H3/t16?,17-,18-,19+,20-,21?,25-/m0/s1. The molecule has 0 aromatic heterocycles. The van der Waals surface area contributed by atoms with Crippen molar-refractivity contribution in [3.63, 3.8) is 0 Å². The van der Waals surface area contributed by atoms with E-state index < -0.39 is 28.7 Å². The van der Waals surface area contributed by atoms with Crippen LogP contribution in [0.1, 0.15) is 47.0 Å². The maximum absolute atomic E-state index is 14.2. The molecule has 2 saturated heterocycles. The lowest BCUT2D eigenvalue weighted by Gasteiger charge is -2.41. The van der Waals surface area contributed by atoms with Crippen LogP contribution >= 0.6 is 11.8 Å². The van der Waals surface area contributed by atoms with Gasteiger partial charge >= 0.3 is 5.97 Å². The number of amides is 2. The number of likely N-dealkylation sites (tertiary alicyclic amines) is 1. The van der Waals surface area contributed by atoms with Crippen LogP contribution in [0, 0.1) is 17.8 Å². The number of thioether (sulfide) groups is 1. The highest BCUT2D eigenvalue weighted by molar-refractivity contribution is 8.02. The molecule has 1 N–H and O–H groups in total. The Morgan fingerprint density at radius 3 is 2.64 bits per heavy atom. The Balaban J connectivity index is 1.85. The molecule has 0 radical (unpaired) electrons. The zero-order valence-electron chi connectivity index (χ0n) is 20.0. The molecule has 8 heteroatoms. The molecular weight excluding hydrogens is 440 g/mol. The van der Waals surface area contributed by atoms with Gasteiger partial charge in [-0.2, -0.15) is 0 Å². The highest BCUT2D eigenvalue weighted by Crippen LogP contribution is 2.61. The highest BCUT2D eigenvalue weighted by atomic mass is 32.2. The zero-order valence-corrected chi connectivity index (χ0v) is 20.8. The monoisotopic (exact) mass is 476 g/mol. The summed E-state index contributed by atoms with van der Waals surface area (Å²) in [5, 5.41) is 10.0. The smallest absolute Gasteiger partial charge is 0.311 e. The summed E-state index contributed by atoms with van der Waals surface area (Å²) in [6.07, 6.45) is 10.5. The van der Waals surface area contributed by atoms with Gasteiger partial charge in [0.1, 0.15) is 6.04 Å². The molecule has 4 rings (SSSR count). The fourth-order valence-corrected chi connectivity index (χ4v) is 8.00. The molecule has 0 saturated carbocycles. The lowest BCUT2D eigenvalue weighted by molar-refractivity contribution is -0.154. The number of carbonyl (C=O) groups is 3. The lowest BCUT2D eigenvalue weighted by Crippen LogP contribution is -2.58. The number of carbonyl (C=O) groups excluding carboxylic acids is 3. The van der Waals surface area contributed by atoms with Crippen molar-refractivity contribution < 1.29 is 24.2 Å². The molecule has 4 heterocycles. The number of hydrogen-bond acceptors (Lipinski definition) is 6. The van der Waals surface area contributed by atoms with Crippen LogP contribution in [0.25, 0.3) is 0 Å². The molecule has 2 fully saturated rings. The summed E-state index contributed by atoms with van der Waals surface area (Å²) in [5.41, 5.74) is 0. The largest absolute Gasteiger partial charge is 0.465 e. The second-order valence-corrected chi connectivity index (χ2v) is 11.5. The van der Waals surface area contributed by atoms with Crippen LogP contribution in [-0.2, 0) is 19.1 Å². The highest BCUT2D eigenvalue weighted by Gasteiger charge is 2.72. The predicted octanol–water partition coefficient (Wildman–Crippen LogP) is 2.39. The van der Waals surface area contributed by atoms with Crippen LogP contribution < -0.4 is 0 Å². The van der Waals surface area contributed by atoms with E-state index in [1.165, 1.54) is 0 Å². The van der Waals surface area contributed by atoms with Gasteiger partial charge in [-0.3, -0.25) is 14.4 Å². The number of aliphatic hydroxyl groups excluding tert-OH is 1. The van der Waals surface area contributed by atoms with Gasteiger partial charge in [0.05, 0.1) is 35.8 Å². The van der Waals surface area contributed by atoms with Crippen LogP contribution in [0.3, 0.4) is 0 Å². The molecule has 1 spiro atoms. The van der Waals surface area contributed by atoms with Gasteiger partial charge in [0.2, 0.25) is 11.8 Å².